The fourth-order valence-electron chi connectivity index (χ4n) is 2.56. The molecule has 0 N–H and O–H groups in total. The minimum Gasteiger partial charge on any atom is -0.383 e. The Morgan fingerprint density at radius 1 is 1.14 bits per heavy atom. The van der Waals surface area contributed by atoms with Crippen LogP contribution < -0.4 is 0 Å². The number of sulfonamides is 1. The van der Waals surface area contributed by atoms with Gasteiger partial charge >= 0.3 is 0 Å². The van der Waals surface area contributed by atoms with Crippen LogP contribution >= 0.6 is 0 Å². The van der Waals surface area contributed by atoms with Gasteiger partial charge in [0.15, 0.2) is 0 Å². The van der Waals surface area contributed by atoms with E-state index in [1.54, 1.807) is 26.0 Å². The van der Waals surface area contributed by atoms with Crippen LogP contribution in [-0.2, 0) is 24.3 Å². The fraction of sp³-hybridized carbons (Fsp3) is 0.929. The summed E-state index contributed by atoms with van der Waals surface area (Å²) < 4.78 is 35.3. The average Bonchev–Trinajstić information content (AvgIpc) is 2.54. The molecule has 1 amide bonds. The summed E-state index contributed by atoms with van der Waals surface area (Å²) in [4.78, 5) is 14.3. The maximum absolute atomic E-state index is 12.6. The van der Waals surface area contributed by atoms with Gasteiger partial charge in [-0.2, -0.15) is 0 Å². The maximum Gasteiger partial charge on any atom is 0.225 e. The van der Waals surface area contributed by atoms with Crippen LogP contribution in [0.3, 0.4) is 0 Å². The van der Waals surface area contributed by atoms with Crippen LogP contribution in [-0.4, -0.2) is 82.9 Å². The molecule has 0 aromatic carbocycles. The molecule has 1 saturated heterocycles. The highest BCUT2D eigenvalue weighted by Gasteiger charge is 2.32. The monoisotopic (exact) mass is 336 g/mol. The van der Waals surface area contributed by atoms with Gasteiger partial charge in [-0.05, 0) is 19.8 Å². The van der Waals surface area contributed by atoms with Gasteiger partial charge in [-0.3, -0.25) is 4.79 Å². The summed E-state index contributed by atoms with van der Waals surface area (Å²) in [7, 11) is 0.0579. The third kappa shape index (κ3) is 5.49. The summed E-state index contributed by atoms with van der Waals surface area (Å²) in [5.74, 6) is 0.0686. The number of rotatable bonds is 9. The van der Waals surface area contributed by atoms with E-state index < -0.39 is 10.0 Å². The first-order valence-electron chi connectivity index (χ1n) is 7.70. The lowest BCUT2D eigenvalue weighted by Crippen LogP contribution is -2.46. The Hall–Kier alpha value is -0.700. The number of nitrogens with zero attached hydrogens (tertiary/aromatic N) is 2. The van der Waals surface area contributed by atoms with Crippen molar-refractivity contribution in [1.29, 1.82) is 0 Å². The van der Waals surface area contributed by atoms with Crippen LogP contribution in [0, 0.1) is 5.92 Å². The molecule has 130 valence electrons. The molecule has 1 fully saturated rings. The number of carbonyl (C=O) groups is 1. The van der Waals surface area contributed by atoms with Crippen molar-refractivity contribution < 1.29 is 22.7 Å². The molecule has 0 aromatic heterocycles. The molecule has 0 aliphatic carbocycles. The lowest BCUT2D eigenvalue weighted by Gasteiger charge is -2.33. The molecule has 7 nitrogen and oxygen atoms in total. The van der Waals surface area contributed by atoms with Crippen molar-refractivity contribution in [3.05, 3.63) is 0 Å². The predicted molar refractivity (Wildman–Crippen MR) is 84.1 cm³/mol. The Morgan fingerprint density at radius 2 is 1.64 bits per heavy atom. The Labute approximate surface area is 133 Å². The van der Waals surface area contributed by atoms with E-state index in [0.717, 1.165) is 0 Å². The summed E-state index contributed by atoms with van der Waals surface area (Å²) in [6, 6.07) is 0. The fourth-order valence-corrected chi connectivity index (χ4v) is 3.69. The van der Waals surface area contributed by atoms with E-state index in [9.17, 15) is 13.2 Å². The molecule has 0 saturated carbocycles. The molecule has 1 heterocycles. The van der Waals surface area contributed by atoms with Crippen LogP contribution in [0.2, 0.25) is 0 Å². The van der Waals surface area contributed by atoms with Crippen molar-refractivity contribution in [2.24, 2.45) is 5.92 Å². The van der Waals surface area contributed by atoms with E-state index in [1.807, 2.05) is 0 Å². The van der Waals surface area contributed by atoms with E-state index in [-0.39, 0.29) is 17.6 Å². The smallest absolute Gasteiger partial charge is 0.225 e. The molecule has 0 unspecified atom stereocenters. The van der Waals surface area contributed by atoms with Crippen molar-refractivity contribution in [3.63, 3.8) is 0 Å². The lowest BCUT2D eigenvalue weighted by molar-refractivity contribution is -0.138. The lowest BCUT2D eigenvalue weighted by atomic mass is 9.96. The summed E-state index contributed by atoms with van der Waals surface area (Å²) in [5, 5.41) is 0. The molecule has 8 heteroatoms. The first kappa shape index (κ1) is 19.3. The van der Waals surface area contributed by atoms with Gasteiger partial charge in [0.2, 0.25) is 15.9 Å². The number of methoxy groups -OCH3 is 2. The minimum absolute atomic E-state index is 0.0719. The van der Waals surface area contributed by atoms with Crippen LogP contribution in [0.1, 0.15) is 19.8 Å². The molecule has 0 aromatic rings. The first-order chi connectivity index (χ1) is 10.5. The second kappa shape index (κ2) is 9.44. The SMILES string of the molecule is CCS(=O)(=O)N1CCC(C(=O)N(CCOC)CCOC)CC1. The van der Waals surface area contributed by atoms with Gasteiger partial charge in [0.1, 0.15) is 0 Å². The summed E-state index contributed by atoms with van der Waals surface area (Å²) in [6.45, 7) is 4.53. The average molecular weight is 336 g/mol. The van der Waals surface area contributed by atoms with Crippen molar-refractivity contribution in [3.8, 4) is 0 Å². The summed E-state index contributed by atoms with van der Waals surface area (Å²) in [5.41, 5.74) is 0. The van der Waals surface area contributed by atoms with Crippen molar-refractivity contribution in [2.45, 2.75) is 19.8 Å². The number of carbonyl (C=O) groups excluding carboxylic acids is 1. The topological polar surface area (TPSA) is 76.2 Å². The number of piperidine rings is 1. The molecule has 1 aliphatic rings. The second-order valence-electron chi connectivity index (χ2n) is 5.38. The van der Waals surface area contributed by atoms with E-state index in [0.29, 0.717) is 52.2 Å². The highest BCUT2D eigenvalue weighted by Crippen LogP contribution is 2.22. The Kier molecular flexibility index (Phi) is 8.30. The number of hydrogen-bond donors (Lipinski definition) is 0. The van der Waals surface area contributed by atoms with Gasteiger partial charge in [0, 0.05) is 46.3 Å². The van der Waals surface area contributed by atoms with Crippen molar-refractivity contribution >= 4 is 15.9 Å². The van der Waals surface area contributed by atoms with Gasteiger partial charge in [0.25, 0.3) is 0 Å². The number of hydrogen-bond acceptors (Lipinski definition) is 5. The highest BCUT2D eigenvalue weighted by atomic mass is 32.2. The van der Waals surface area contributed by atoms with Gasteiger partial charge in [-0.1, -0.05) is 0 Å². The third-order valence-corrected chi connectivity index (χ3v) is 5.89. The molecular formula is C14H28N2O5S. The largest absolute Gasteiger partial charge is 0.383 e. The zero-order chi connectivity index (χ0) is 16.6. The summed E-state index contributed by atoms with van der Waals surface area (Å²) >= 11 is 0. The molecule has 0 atom stereocenters. The highest BCUT2D eigenvalue weighted by molar-refractivity contribution is 7.89. The van der Waals surface area contributed by atoms with Crippen LogP contribution in [0.4, 0.5) is 0 Å². The molecule has 0 spiro atoms. The number of ether oxygens (including phenoxy) is 2. The zero-order valence-electron chi connectivity index (χ0n) is 13.8. The molecule has 1 rings (SSSR count). The van der Waals surface area contributed by atoms with E-state index in [1.165, 1.54) is 4.31 Å². The summed E-state index contributed by atoms with van der Waals surface area (Å²) in [6.07, 6.45) is 1.16. The van der Waals surface area contributed by atoms with E-state index in [4.69, 9.17) is 9.47 Å². The van der Waals surface area contributed by atoms with Gasteiger partial charge in [-0.25, -0.2) is 12.7 Å². The predicted octanol–water partition coefficient (Wildman–Crippen LogP) is 0.170. The van der Waals surface area contributed by atoms with Gasteiger partial charge in [0.05, 0.1) is 19.0 Å². The third-order valence-electron chi connectivity index (χ3n) is 4.00. The first-order valence-corrected chi connectivity index (χ1v) is 9.31. The normalized spacial score (nSPS) is 17.6. The van der Waals surface area contributed by atoms with E-state index >= 15 is 0 Å². The zero-order valence-corrected chi connectivity index (χ0v) is 14.6. The van der Waals surface area contributed by atoms with Crippen LogP contribution in [0.5, 0.6) is 0 Å². The molecule has 1 aliphatic heterocycles. The van der Waals surface area contributed by atoms with Gasteiger partial charge in [-0.15, -0.1) is 0 Å². The van der Waals surface area contributed by atoms with Gasteiger partial charge < -0.3 is 14.4 Å². The van der Waals surface area contributed by atoms with Crippen molar-refractivity contribution in [2.75, 3.05) is 59.4 Å². The maximum atomic E-state index is 12.6. The minimum atomic E-state index is -3.15. The quantitative estimate of drug-likeness (QED) is 0.600. The molecule has 22 heavy (non-hydrogen) atoms. The van der Waals surface area contributed by atoms with Crippen molar-refractivity contribution in [1.82, 2.24) is 9.21 Å². The standard InChI is InChI=1S/C14H28N2O5S/c1-4-22(18,19)16-7-5-13(6-8-16)14(17)15(9-11-20-2)10-12-21-3/h13H,4-12H2,1-3H3. The Balaban J connectivity index is 2.57. The Bertz CT molecular complexity index is 425. The molecular weight excluding hydrogens is 308 g/mol. The van der Waals surface area contributed by atoms with Crippen LogP contribution in [0.15, 0.2) is 0 Å². The number of amides is 1. The second-order valence-corrected chi connectivity index (χ2v) is 7.64. The Morgan fingerprint density at radius 3 is 2.05 bits per heavy atom. The molecule has 0 bridgehead atoms. The molecule has 0 radical (unpaired) electrons. The van der Waals surface area contributed by atoms with E-state index in [2.05, 4.69) is 0 Å². The van der Waals surface area contributed by atoms with Crippen LogP contribution in [0.25, 0.3) is 0 Å².